The molecule has 0 bridgehead atoms. The average molecular weight is 362 g/mol. The highest BCUT2D eigenvalue weighted by Crippen LogP contribution is 2.52. The van der Waals surface area contributed by atoms with Crippen molar-refractivity contribution in [2.45, 2.75) is 32.2 Å². The van der Waals surface area contributed by atoms with Crippen LogP contribution in [-0.2, 0) is 12.8 Å². The van der Waals surface area contributed by atoms with E-state index in [0.717, 1.165) is 42.7 Å². The third-order valence-corrected chi connectivity index (χ3v) is 4.97. The lowest BCUT2D eigenvalue weighted by Crippen LogP contribution is -2.34. The van der Waals surface area contributed by atoms with Crippen LogP contribution in [0.1, 0.15) is 36.1 Å². The summed E-state index contributed by atoms with van der Waals surface area (Å²) in [5.74, 6) is 1.64. The van der Waals surface area contributed by atoms with Gasteiger partial charge in [-0.25, -0.2) is 0 Å². The van der Waals surface area contributed by atoms with Crippen molar-refractivity contribution >= 4 is 12.4 Å². The SMILES string of the molecule is CCCOc1cccc2c1-c1c(OC)c(O)cc3c1C(C2)NCC3.Cl. The number of methoxy groups -OCH3 is 1. The summed E-state index contributed by atoms with van der Waals surface area (Å²) in [6.45, 7) is 3.72. The molecule has 0 saturated heterocycles. The highest BCUT2D eigenvalue weighted by Gasteiger charge is 2.34. The molecule has 1 heterocycles. The Hall–Kier alpha value is -1.91. The molecule has 1 aliphatic heterocycles. The second-order valence-corrected chi connectivity index (χ2v) is 6.48. The number of nitrogens with one attached hydrogen (secondary N) is 1. The molecule has 5 heteroatoms. The number of aromatic hydroxyl groups is 1. The minimum absolute atomic E-state index is 0. The number of phenols is 1. The van der Waals surface area contributed by atoms with Crippen molar-refractivity contribution in [3.8, 4) is 28.4 Å². The second-order valence-electron chi connectivity index (χ2n) is 6.48. The van der Waals surface area contributed by atoms with Gasteiger partial charge in [-0.3, -0.25) is 0 Å². The molecule has 2 aromatic rings. The fourth-order valence-corrected chi connectivity index (χ4v) is 4.02. The lowest BCUT2D eigenvalue weighted by molar-refractivity contribution is 0.317. The zero-order valence-corrected chi connectivity index (χ0v) is 15.4. The Bertz CT molecular complexity index is 791. The Morgan fingerprint density at radius 3 is 2.84 bits per heavy atom. The van der Waals surface area contributed by atoms with Gasteiger partial charge in [-0.1, -0.05) is 19.1 Å². The van der Waals surface area contributed by atoms with E-state index in [1.165, 1.54) is 16.7 Å². The summed E-state index contributed by atoms with van der Waals surface area (Å²) in [4.78, 5) is 0. The zero-order chi connectivity index (χ0) is 16.7. The summed E-state index contributed by atoms with van der Waals surface area (Å²) in [5, 5.41) is 14.1. The molecular weight excluding hydrogens is 338 g/mol. The maximum Gasteiger partial charge on any atom is 0.168 e. The molecule has 2 aliphatic rings. The first-order chi connectivity index (χ1) is 11.7. The first-order valence-electron chi connectivity index (χ1n) is 8.65. The maximum absolute atomic E-state index is 10.5. The van der Waals surface area contributed by atoms with E-state index in [0.29, 0.717) is 12.4 Å². The molecule has 0 spiro atoms. The Kier molecular flexibility index (Phi) is 5.11. The molecule has 0 fully saturated rings. The van der Waals surface area contributed by atoms with Crippen LogP contribution in [-0.4, -0.2) is 25.4 Å². The molecular formula is C20H24ClNO3. The monoisotopic (exact) mass is 361 g/mol. The van der Waals surface area contributed by atoms with Crippen LogP contribution in [0.2, 0.25) is 0 Å². The number of rotatable bonds is 4. The number of halogens is 1. The first-order valence-corrected chi connectivity index (χ1v) is 8.65. The lowest BCUT2D eigenvalue weighted by atomic mass is 9.77. The predicted octanol–water partition coefficient (Wildman–Crippen LogP) is 4.02. The average Bonchev–Trinajstić information content (AvgIpc) is 2.59. The molecule has 0 saturated carbocycles. The van der Waals surface area contributed by atoms with Crippen molar-refractivity contribution in [3.05, 3.63) is 41.0 Å². The Morgan fingerprint density at radius 1 is 1.24 bits per heavy atom. The van der Waals surface area contributed by atoms with Gasteiger partial charge in [0, 0.05) is 17.2 Å². The highest BCUT2D eigenvalue weighted by atomic mass is 35.5. The van der Waals surface area contributed by atoms with Crippen molar-refractivity contribution in [1.82, 2.24) is 5.32 Å². The number of phenolic OH excluding ortho intramolecular Hbond substituents is 1. The summed E-state index contributed by atoms with van der Waals surface area (Å²) >= 11 is 0. The molecule has 1 unspecified atom stereocenters. The van der Waals surface area contributed by atoms with Crippen LogP contribution < -0.4 is 14.8 Å². The largest absolute Gasteiger partial charge is 0.504 e. The van der Waals surface area contributed by atoms with Gasteiger partial charge in [0.25, 0.3) is 0 Å². The molecule has 134 valence electrons. The fraction of sp³-hybridized carbons (Fsp3) is 0.400. The molecule has 25 heavy (non-hydrogen) atoms. The van der Waals surface area contributed by atoms with Crippen LogP contribution in [0.5, 0.6) is 17.2 Å². The van der Waals surface area contributed by atoms with Crippen LogP contribution in [0.15, 0.2) is 24.3 Å². The number of hydrogen-bond donors (Lipinski definition) is 2. The lowest BCUT2D eigenvalue weighted by Gasteiger charge is -2.36. The molecule has 0 aromatic heterocycles. The van der Waals surface area contributed by atoms with E-state index < -0.39 is 0 Å². The van der Waals surface area contributed by atoms with E-state index in [1.54, 1.807) is 7.11 Å². The molecule has 2 N–H and O–H groups in total. The quantitative estimate of drug-likeness (QED) is 0.863. The number of hydrogen-bond acceptors (Lipinski definition) is 4. The van der Waals surface area contributed by atoms with E-state index >= 15 is 0 Å². The Morgan fingerprint density at radius 2 is 2.08 bits per heavy atom. The van der Waals surface area contributed by atoms with Gasteiger partial charge in [0.15, 0.2) is 11.5 Å². The van der Waals surface area contributed by atoms with Crippen molar-refractivity contribution in [1.29, 1.82) is 0 Å². The smallest absolute Gasteiger partial charge is 0.168 e. The van der Waals surface area contributed by atoms with E-state index in [9.17, 15) is 5.11 Å². The van der Waals surface area contributed by atoms with Gasteiger partial charge in [-0.15, -0.1) is 12.4 Å². The van der Waals surface area contributed by atoms with Gasteiger partial charge >= 0.3 is 0 Å². The molecule has 2 aromatic carbocycles. The van der Waals surface area contributed by atoms with Gasteiger partial charge < -0.3 is 19.9 Å². The van der Waals surface area contributed by atoms with Gasteiger partial charge in [0.2, 0.25) is 0 Å². The number of benzene rings is 2. The Balaban J connectivity index is 0.00000182. The van der Waals surface area contributed by atoms with Crippen molar-refractivity contribution in [2.24, 2.45) is 0 Å². The van der Waals surface area contributed by atoms with E-state index in [-0.39, 0.29) is 24.2 Å². The summed E-state index contributed by atoms with van der Waals surface area (Å²) < 4.78 is 11.6. The highest BCUT2D eigenvalue weighted by molar-refractivity contribution is 5.87. The first kappa shape index (κ1) is 17.9. The van der Waals surface area contributed by atoms with Gasteiger partial charge in [-0.2, -0.15) is 0 Å². The summed E-state index contributed by atoms with van der Waals surface area (Å²) in [7, 11) is 1.62. The normalized spacial score (nSPS) is 17.1. The van der Waals surface area contributed by atoms with Gasteiger partial charge in [0.05, 0.1) is 13.7 Å². The van der Waals surface area contributed by atoms with Crippen molar-refractivity contribution in [2.75, 3.05) is 20.3 Å². The van der Waals surface area contributed by atoms with Crippen LogP contribution in [0.25, 0.3) is 11.1 Å². The summed E-state index contributed by atoms with van der Waals surface area (Å²) in [6.07, 6.45) is 2.82. The van der Waals surface area contributed by atoms with Crippen LogP contribution in [0.4, 0.5) is 0 Å². The minimum atomic E-state index is 0. The van der Waals surface area contributed by atoms with Crippen LogP contribution in [0, 0.1) is 0 Å². The molecule has 0 amide bonds. The Labute approximate surface area is 154 Å². The van der Waals surface area contributed by atoms with Crippen LogP contribution in [0.3, 0.4) is 0 Å². The fourth-order valence-electron chi connectivity index (χ4n) is 4.02. The van der Waals surface area contributed by atoms with Crippen LogP contribution >= 0.6 is 12.4 Å². The van der Waals surface area contributed by atoms with E-state index in [2.05, 4.69) is 18.3 Å². The van der Waals surface area contributed by atoms with Gasteiger partial charge in [0.1, 0.15) is 5.75 Å². The summed E-state index contributed by atoms with van der Waals surface area (Å²) in [6, 6.07) is 8.35. The number of fused-ring (bicyclic) bond motifs is 2. The van der Waals surface area contributed by atoms with Gasteiger partial charge in [-0.05, 0) is 54.6 Å². The topological polar surface area (TPSA) is 50.7 Å². The van der Waals surface area contributed by atoms with E-state index in [4.69, 9.17) is 9.47 Å². The summed E-state index contributed by atoms with van der Waals surface area (Å²) in [5.41, 5.74) is 5.79. The van der Waals surface area contributed by atoms with Crippen molar-refractivity contribution in [3.63, 3.8) is 0 Å². The van der Waals surface area contributed by atoms with Crippen molar-refractivity contribution < 1.29 is 14.6 Å². The minimum Gasteiger partial charge on any atom is -0.504 e. The predicted molar refractivity (Wildman–Crippen MR) is 101 cm³/mol. The third kappa shape index (κ3) is 2.83. The standard InChI is InChI=1S/C20H23NO3.ClH/c1-3-9-24-16-6-4-5-12-10-14-17-13(7-8-21-14)11-15(22)20(23-2)19(17)18(12)16;/h4-6,11,14,21-22H,3,7-10H2,1-2H3;1H. The second kappa shape index (κ2) is 7.14. The third-order valence-electron chi connectivity index (χ3n) is 4.97. The van der Waals surface area contributed by atoms with E-state index in [1.807, 2.05) is 18.2 Å². The molecule has 1 atom stereocenters. The molecule has 4 nitrogen and oxygen atoms in total. The maximum atomic E-state index is 10.5. The zero-order valence-electron chi connectivity index (χ0n) is 14.6. The molecule has 0 radical (unpaired) electrons. The molecule has 1 aliphatic carbocycles. The molecule has 4 rings (SSSR count). The number of ether oxygens (including phenoxy) is 2.